The second-order valence-corrected chi connectivity index (χ2v) is 12.7. The predicted molar refractivity (Wildman–Crippen MR) is 173 cm³/mol. The molecule has 4 aromatic rings. The number of hydrogen-bond acceptors (Lipinski definition) is 5. The van der Waals surface area contributed by atoms with Crippen molar-refractivity contribution in [3.63, 3.8) is 0 Å². The van der Waals surface area contributed by atoms with Crippen LogP contribution in [0.4, 0.5) is 5.69 Å². The number of methoxy groups -OCH3 is 1. The summed E-state index contributed by atoms with van der Waals surface area (Å²) in [5.74, 6) is -0.550. The number of amides is 2. The molecule has 0 aliphatic carbocycles. The van der Waals surface area contributed by atoms with Gasteiger partial charge in [-0.25, -0.2) is 8.42 Å². The zero-order valence-corrected chi connectivity index (χ0v) is 26.3. The van der Waals surface area contributed by atoms with Gasteiger partial charge < -0.3 is 15.0 Å². The van der Waals surface area contributed by atoms with Crippen molar-refractivity contribution < 1.29 is 22.7 Å². The van der Waals surface area contributed by atoms with Gasteiger partial charge >= 0.3 is 0 Å². The molecule has 0 aliphatic heterocycles. The van der Waals surface area contributed by atoms with E-state index in [9.17, 15) is 18.0 Å². The van der Waals surface area contributed by atoms with Gasteiger partial charge in [0.2, 0.25) is 11.8 Å². The highest BCUT2D eigenvalue weighted by atomic mass is 32.2. The van der Waals surface area contributed by atoms with Crippen molar-refractivity contribution in [2.45, 2.75) is 50.7 Å². The maximum absolute atomic E-state index is 14.5. The van der Waals surface area contributed by atoms with E-state index >= 15 is 0 Å². The summed E-state index contributed by atoms with van der Waals surface area (Å²) in [7, 11) is -2.77. The van der Waals surface area contributed by atoms with E-state index in [-0.39, 0.29) is 35.5 Å². The standard InChI is InChI=1S/C35H39N3O5S/c1-26(2)36-35(40)32(23-28-14-8-5-9-15-28)37(24-29-16-10-6-11-17-29)34(39)25-38(31-22-27(3)20-21-33(31)43-4)44(41,42)30-18-12-7-13-19-30/h5-22,26,32H,23-25H2,1-4H3,(H,36,40). The largest absolute Gasteiger partial charge is 0.495 e. The third kappa shape index (κ3) is 8.05. The van der Waals surface area contributed by atoms with Gasteiger partial charge in [-0.3, -0.25) is 13.9 Å². The molecule has 9 heteroatoms. The highest BCUT2D eigenvalue weighted by molar-refractivity contribution is 7.92. The molecule has 0 saturated carbocycles. The van der Waals surface area contributed by atoms with Crippen LogP contribution in [0.15, 0.2) is 114 Å². The Balaban J connectivity index is 1.83. The number of sulfonamides is 1. The summed E-state index contributed by atoms with van der Waals surface area (Å²) in [6.07, 6.45) is 0.247. The van der Waals surface area contributed by atoms with Gasteiger partial charge in [-0.1, -0.05) is 84.9 Å². The first-order valence-electron chi connectivity index (χ1n) is 14.5. The average molecular weight is 614 g/mol. The molecule has 0 aliphatic rings. The summed E-state index contributed by atoms with van der Waals surface area (Å²) in [6.45, 7) is 5.11. The Hall–Kier alpha value is -4.63. The van der Waals surface area contributed by atoms with E-state index in [0.717, 1.165) is 21.0 Å². The van der Waals surface area contributed by atoms with Crippen LogP contribution in [0.25, 0.3) is 0 Å². The summed E-state index contributed by atoms with van der Waals surface area (Å²) in [5, 5.41) is 2.97. The summed E-state index contributed by atoms with van der Waals surface area (Å²) in [4.78, 5) is 29.8. The van der Waals surface area contributed by atoms with E-state index in [1.165, 1.54) is 24.1 Å². The van der Waals surface area contributed by atoms with Crippen LogP contribution in [0.5, 0.6) is 5.75 Å². The Bertz CT molecular complexity index is 1650. The number of carbonyl (C=O) groups excluding carboxylic acids is 2. The first-order chi connectivity index (χ1) is 21.1. The first kappa shape index (κ1) is 32.3. The van der Waals surface area contributed by atoms with Crippen LogP contribution in [0.1, 0.15) is 30.5 Å². The minimum atomic E-state index is -4.22. The lowest BCUT2D eigenvalue weighted by molar-refractivity contribution is -0.140. The third-order valence-corrected chi connectivity index (χ3v) is 8.88. The second kappa shape index (κ2) is 14.7. The smallest absolute Gasteiger partial charge is 0.264 e. The number of hydrogen-bond donors (Lipinski definition) is 1. The van der Waals surface area contributed by atoms with Crippen LogP contribution in [0, 0.1) is 6.92 Å². The van der Waals surface area contributed by atoms with Crippen molar-refractivity contribution in [3.05, 3.63) is 126 Å². The van der Waals surface area contributed by atoms with Gasteiger partial charge in [-0.2, -0.15) is 0 Å². The van der Waals surface area contributed by atoms with E-state index in [2.05, 4.69) is 5.32 Å². The number of carbonyl (C=O) groups is 2. The summed E-state index contributed by atoms with van der Waals surface area (Å²) < 4.78 is 35.0. The summed E-state index contributed by atoms with van der Waals surface area (Å²) >= 11 is 0. The lowest BCUT2D eigenvalue weighted by Gasteiger charge is -2.34. The monoisotopic (exact) mass is 613 g/mol. The number of rotatable bonds is 13. The first-order valence-corrected chi connectivity index (χ1v) is 15.9. The summed E-state index contributed by atoms with van der Waals surface area (Å²) in [5.41, 5.74) is 2.70. The van der Waals surface area contributed by atoms with Gasteiger partial charge in [0.15, 0.2) is 0 Å². The SMILES string of the molecule is COc1ccc(C)cc1N(CC(=O)N(Cc1ccccc1)C(Cc1ccccc1)C(=O)NC(C)C)S(=O)(=O)c1ccccc1. The lowest BCUT2D eigenvalue weighted by atomic mass is 10.0. The molecular formula is C35H39N3O5S. The van der Waals surface area contributed by atoms with Gasteiger partial charge in [0.25, 0.3) is 10.0 Å². The molecule has 230 valence electrons. The molecule has 4 rings (SSSR count). The van der Waals surface area contributed by atoms with Crippen molar-refractivity contribution >= 4 is 27.5 Å². The molecule has 2 amide bonds. The van der Waals surface area contributed by atoms with Crippen molar-refractivity contribution in [2.75, 3.05) is 18.0 Å². The van der Waals surface area contributed by atoms with Crippen molar-refractivity contribution in [3.8, 4) is 5.75 Å². The number of ether oxygens (including phenoxy) is 1. The highest BCUT2D eigenvalue weighted by Gasteiger charge is 2.35. The van der Waals surface area contributed by atoms with Crippen LogP contribution in [0.3, 0.4) is 0 Å². The zero-order chi connectivity index (χ0) is 31.7. The number of aryl methyl sites for hydroxylation is 1. The molecule has 8 nitrogen and oxygen atoms in total. The van der Waals surface area contributed by atoms with Crippen molar-refractivity contribution in [2.24, 2.45) is 0 Å². The molecule has 1 atom stereocenters. The van der Waals surface area contributed by atoms with Crippen molar-refractivity contribution in [1.29, 1.82) is 0 Å². The maximum atomic E-state index is 14.5. The molecule has 1 unspecified atom stereocenters. The third-order valence-electron chi connectivity index (χ3n) is 7.11. The molecule has 1 N–H and O–H groups in total. The van der Waals surface area contributed by atoms with Gasteiger partial charge in [0.05, 0.1) is 17.7 Å². The van der Waals surface area contributed by atoms with Crippen LogP contribution in [0.2, 0.25) is 0 Å². The molecular weight excluding hydrogens is 574 g/mol. The Kier molecular flexibility index (Phi) is 10.8. The highest BCUT2D eigenvalue weighted by Crippen LogP contribution is 2.34. The van der Waals surface area contributed by atoms with Crippen molar-refractivity contribution in [1.82, 2.24) is 10.2 Å². The Morgan fingerprint density at radius 1 is 0.818 bits per heavy atom. The van der Waals surface area contributed by atoms with E-state index < -0.39 is 28.5 Å². The number of anilines is 1. The fourth-order valence-corrected chi connectivity index (χ4v) is 6.38. The minimum absolute atomic E-state index is 0.0318. The number of nitrogens with one attached hydrogen (secondary N) is 1. The van der Waals surface area contributed by atoms with E-state index in [0.29, 0.717) is 5.75 Å². The number of benzene rings is 4. The molecule has 0 radical (unpaired) electrons. The average Bonchev–Trinajstić information content (AvgIpc) is 3.02. The van der Waals surface area contributed by atoms with Gasteiger partial charge in [-0.05, 0) is 61.7 Å². The molecule has 0 bridgehead atoms. The van der Waals surface area contributed by atoms with Crippen LogP contribution >= 0.6 is 0 Å². The normalized spacial score (nSPS) is 11.9. The van der Waals surface area contributed by atoms with E-state index in [1.807, 2.05) is 87.5 Å². The maximum Gasteiger partial charge on any atom is 0.264 e. The Morgan fingerprint density at radius 3 is 1.95 bits per heavy atom. The summed E-state index contributed by atoms with van der Waals surface area (Å²) in [6, 6.07) is 30.9. The fraction of sp³-hybridized carbons (Fsp3) is 0.257. The van der Waals surface area contributed by atoms with Crippen LogP contribution in [-0.2, 0) is 32.6 Å². The zero-order valence-electron chi connectivity index (χ0n) is 25.5. The van der Waals surface area contributed by atoms with Crippen LogP contribution in [-0.4, -0.2) is 50.9 Å². The molecule has 4 aromatic carbocycles. The second-order valence-electron chi connectivity index (χ2n) is 10.9. The fourth-order valence-electron chi connectivity index (χ4n) is 4.94. The van der Waals surface area contributed by atoms with Gasteiger partial charge in [-0.15, -0.1) is 0 Å². The van der Waals surface area contributed by atoms with Crippen LogP contribution < -0.4 is 14.4 Å². The quantitative estimate of drug-likeness (QED) is 0.219. The minimum Gasteiger partial charge on any atom is -0.495 e. The Morgan fingerprint density at radius 2 is 1.39 bits per heavy atom. The molecule has 44 heavy (non-hydrogen) atoms. The lowest BCUT2D eigenvalue weighted by Crippen LogP contribution is -2.54. The topological polar surface area (TPSA) is 96.0 Å². The molecule has 0 spiro atoms. The molecule has 0 fully saturated rings. The number of nitrogens with zero attached hydrogens (tertiary/aromatic N) is 2. The van der Waals surface area contributed by atoms with E-state index in [4.69, 9.17) is 4.74 Å². The van der Waals surface area contributed by atoms with Gasteiger partial charge in [0.1, 0.15) is 18.3 Å². The van der Waals surface area contributed by atoms with E-state index in [1.54, 1.807) is 30.3 Å². The van der Waals surface area contributed by atoms with Gasteiger partial charge in [0, 0.05) is 19.0 Å². The Labute approximate surface area is 260 Å². The molecule has 0 saturated heterocycles. The predicted octanol–water partition coefficient (Wildman–Crippen LogP) is 5.36. The molecule has 0 heterocycles. The molecule has 0 aromatic heterocycles.